The maximum absolute atomic E-state index is 14.9. The molecule has 0 saturated heterocycles. The number of aromatic hydroxyl groups is 2. The van der Waals surface area contributed by atoms with Crippen molar-refractivity contribution in [2.45, 2.75) is 218 Å². The number of nitrogens with zero attached hydrogens (tertiary/aromatic N) is 2. The lowest BCUT2D eigenvalue weighted by molar-refractivity contribution is -0.143. The number of benzene rings is 2. The number of aromatic amines is 2. The number of phenols is 2. The Labute approximate surface area is 663 Å². The molecule has 0 unspecified atom stereocenters. The second-order valence-electron chi connectivity index (χ2n) is 29.0. The lowest BCUT2D eigenvalue weighted by atomic mass is 9.95. The number of rotatable bonds is 50. The van der Waals surface area contributed by atoms with Crippen LogP contribution in [-0.2, 0) is 97.6 Å². The lowest BCUT2D eigenvalue weighted by Crippen LogP contribution is -2.63. The Kier molecular flexibility index (Phi) is 39.1. The van der Waals surface area contributed by atoms with Crippen LogP contribution in [0.3, 0.4) is 0 Å². The molecule has 115 heavy (non-hydrogen) atoms. The van der Waals surface area contributed by atoms with Crippen molar-refractivity contribution in [3.8, 4) is 11.5 Å². The first-order valence-electron chi connectivity index (χ1n) is 37.5. The number of carbonyl (C=O) groups is 15. The number of aliphatic hydroxyl groups excluding tert-OH is 1. The van der Waals surface area contributed by atoms with Crippen molar-refractivity contribution in [1.29, 1.82) is 5.41 Å². The molecule has 2 aromatic heterocycles. The molecule has 14 atom stereocenters. The van der Waals surface area contributed by atoms with Gasteiger partial charge in [0.25, 0.3) is 0 Å². The molecule has 0 saturated carbocycles. The highest BCUT2D eigenvalue weighted by Gasteiger charge is 2.40. The number of aliphatic hydroxyl groups is 1. The summed E-state index contributed by atoms with van der Waals surface area (Å²) >= 11 is 0. The third-order valence-electron chi connectivity index (χ3n) is 18.3. The van der Waals surface area contributed by atoms with Crippen LogP contribution in [-0.4, -0.2) is 232 Å². The number of aliphatic carboxylic acids is 2. The minimum Gasteiger partial charge on any atom is -0.508 e. The van der Waals surface area contributed by atoms with Gasteiger partial charge in [-0.1, -0.05) is 86.1 Å². The molecule has 2 heterocycles. The van der Waals surface area contributed by atoms with E-state index in [0.717, 1.165) is 6.92 Å². The van der Waals surface area contributed by atoms with Gasteiger partial charge in [-0.2, -0.15) is 0 Å². The van der Waals surface area contributed by atoms with Gasteiger partial charge < -0.3 is 122 Å². The van der Waals surface area contributed by atoms with Crippen LogP contribution in [0.25, 0.3) is 0 Å². The molecule has 632 valence electrons. The Hall–Kier alpha value is -12.3. The highest BCUT2D eigenvalue weighted by Crippen LogP contribution is 2.18. The number of nitrogens with two attached hydrogens (primary N) is 3. The fourth-order valence-corrected chi connectivity index (χ4v) is 11.6. The number of nitrogens with one attached hydrogen (secondary N) is 16. The van der Waals surface area contributed by atoms with E-state index in [9.17, 15) is 97.5 Å². The SMILES string of the molecule is CC[C@H](C)[C@H](NC(=O)[C@@H](NC(=O)[C@H](Cc1ccc(O)cc1)NC(=O)[C@@H](NC(=O)CNC(=O)[C@H](Cc1ccc(O)cc1)NC(=O)[C@@H](N)CCC(N)=O)[C@@H](C)O)C(C)C)C(=O)N[C@@H](CCCNC(=N)N)C(=O)N[C@@H](Cc1c[nH]cn1)C(=O)N[C@H](C(=O)N[C@@H](CC(C)C)C(=O)N[C@@H](CCC(=O)O)C(=O)N[C@@H](Cc1c[nH]cn1)C(=O)O)C(C)C. The molecule has 0 fully saturated rings. The van der Waals surface area contributed by atoms with Gasteiger partial charge in [0.2, 0.25) is 76.8 Å². The molecule has 0 aliphatic carbocycles. The minimum absolute atomic E-state index is 0.000793. The summed E-state index contributed by atoms with van der Waals surface area (Å²) in [5, 5.41) is 91.2. The Morgan fingerprint density at radius 1 is 0.461 bits per heavy atom. The summed E-state index contributed by atoms with van der Waals surface area (Å²) in [5.41, 5.74) is 18.0. The summed E-state index contributed by atoms with van der Waals surface area (Å²) in [6.45, 7) is 13.3. The molecule has 27 N–H and O–H groups in total. The van der Waals surface area contributed by atoms with Crippen molar-refractivity contribution in [1.82, 2.24) is 89.1 Å². The van der Waals surface area contributed by atoms with E-state index in [0.29, 0.717) is 11.1 Å². The first kappa shape index (κ1) is 95.1. The van der Waals surface area contributed by atoms with Gasteiger partial charge in [0.15, 0.2) is 5.96 Å². The zero-order chi connectivity index (χ0) is 85.9. The van der Waals surface area contributed by atoms with Gasteiger partial charge in [-0.3, -0.25) is 72.5 Å². The van der Waals surface area contributed by atoms with Gasteiger partial charge in [0, 0.05) is 57.5 Å². The highest BCUT2D eigenvalue weighted by atomic mass is 16.4. The van der Waals surface area contributed by atoms with E-state index >= 15 is 0 Å². The van der Waals surface area contributed by atoms with Crippen LogP contribution in [0.4, 0.5) is 0 Å². The first-order valence-corrected chi connectivity index (χ1v) is 37.5. The topological polar surface area (TPSA) is 673 Å². The third kappa shape index (κ3) is 33.5. The van der Waals surface area contributed by atoms with Crippen molar-refractivity contribution in [3.05, 3.63) is 96.1 Å². The van der Waals surface area contributed by atoms with E-state index in [1.165, 1.54) is 73.6 Å². The maximum atomic E-state index is 14.9. The number of imidazole rings is 2. The number of guanidine groups is 1. The predicted octanol–water partition coefficient (Wildman–Crippen LogP) is -4.15. The van der Waals surface area contributed by atoms with Crippen LogP contribution in [0.5, 0.6) is 11.5 Å². The molecule has 0 aliphatic rings. The highest BCUT2D eigenvalue weighted by molar-refractivity contribution is 6.00. The number of hydrogen-bond acceptors (Lipinski definition) is 22. The van der Waals surface area contributed by atoms with Crippen LogP contribution in [0.15, 0.2) is 73.6 Å². The second-order valence-corrected chi connectivity index (χ2v) is 29.0. The normalized spacial score (nSPS) is 14.9. The van der Waals surface area contributed by atoms with Crippen LogP contribution < -0.4 is 86.3 Å². The van der Waals surface area contributed by atoms with E-state index in [1.54, 1.807) is 55.4 Å². The molecule has 4 aromatic rings. The molecule has 0 bridgehead atoms. The molecule has 0 aliphatic heterocycles. The van der Waals surface area contributed by atoms with Gasteiger partial charge in [0.1, 0.15) is 78.0 Å². The van der Waals surface area contributed by atoms with E-state index in [2.05, 4.69) is 89.1 Å². The first-order chi connectivity index (χ1) is 54.2. The number of carboxylic acid groups (broad SMARTS) is 2. The zero-order valence-electron chi connectivity index (χ0n) is 65.6. The summed E-state index contributed by atoms with van der Waals surface area (Å²) in [5.74, 6) is -18.4. The quantitative estimate of drug-likeness (QED) is 0.0113. The number of phenolic OH excluding ortho intramolecular Hbond substituents is 2. The minimum atomic E-state index is -1.83. The third-order valence-corrected chi connectivity index (χ3v) is 18.3. The maximum Gasteiger partial charge on any atom is 0.326 e. The number of H-pyrrole nitrogens is 2. The summed E-state index contributed by atoms with van der Waals surface area (Å²) in [7, 11) is 0. The molecule has 0 radical (unpaired) electrons. The second kappa shape index (κ2) is 47.3. The summed E-state index contributed by atoms with van der Waals surface area (Å²) in [4.78, 5) is 220. The van der Waals surface area contributed by atoms with E-state index in [-0.39, 0.29) is 99.6 Å². The number of aromatic nitrogens is 4. The molecular formula is C74H111N21O20. The van der Waals surface area contributed by atoms with Crippen molar-refractivity contribution in [3.63, 3.8) is 0 Å². The fourth-order valence-electron chi connectivity index (χ4n) is 11.6. The smallest absolute Gasteiger partial charge is 0.326 e. The number of carboxylic acids is 2. The van der Waals surface area contributed by atoms with E-state index < -0.39 is 210 Å². The summed E-state index contributed by atoms with van der Waals surface area (Å²) in [6.07, 6.45) is 1.11. The number of amides is 13. The Balaban J connectivity index is 1.59. The molecule has 4 rings (SSSR count). The zero-order valence-corrected chi connectivity index (χ0v) is 65.6. The largest absolute Gasteiger partial charge is 0.508 e. The van der Waals surface area contributed by atoms with Crippen molar-refractivity contribution in [2.24, 2.45) is 40.9 Å². The average molecular weight is 1610 g/mol. The van der Waals surface area contributed by atoms with E-state index in [4.69, 9.17) is 22.6 Å². The van der Waals surface area contributed by atoms with Crippen molar-refractivity contribution in [2.75, 3.05) is 13.1 Å². The monoisotopic (exact) mass is 1610 g/mol. The molecule has 2 aromatic carbocycles. The Bertz CT molecular complexity index is 3940. The predicted molar refractivity (Wildman–Crippen MR) is 413 cm³/mol. The van der Waals surface area contributed by atoms with Crippen LogP contribution >= 0.6 is 0 Å². The number of hydrogen-bond donors (Lipinski definition) is 24. The van der Waals surface area contributed by atoms with Crippen molar-refractivity contribution < 1.29 is 97.5 Å². The molecule has 13 amide bonds. The van der Waals surface area contributed by atoms with Gasteiger partial charge >= 0.3 is 11.9 Å². The number of primary amides is 1. The van der Waals surface area contributed by atoms with Crippen LogP contribution in [0.2, 0.25) is 0 Å². The summed E-state index contributed by atoms with van der Waals surface area (Å²) in [6, 6.07) is -7.19. The number of carbonyl (C=O) groups excluding carboxylic acids is 13. The van der Waals surface area contributed by atoms with Gasteiger partial charge in [-0.25, -0.2) is 14.8 Å². The standard InChI is InChI=1S/C74H111N21O20/c1-10-39(8)60(95-70(111)59(38(6)7)94-67(108)52(28-42-15-19-46(98)20-16-42)90-72(113)61(40(9)96)92-56(100)33-82-63(104)51(27-41-13-17-45(97)18-14-41)87-62(103)47(75)21-23-55(76)99)71(112)86-48(12-11-25-81-74(77)78)64(105)88-53(29-43-31-79-34-83-43)68(109)93-58(37(4)5)69(110)89-50(26-36(2)3)66(107)85-49(22-24-57(101)102)65(106)91-54(73(114)115)30-44-32-80-35-84-44/h13-20,31-32,34-40,47-54,58-61,96-98H,10-12,21-30,33,75H2,1-9H3,(H2,76,99)(H,79,83)(H,80,84)(H,82,104)(H,85,107)(H,86,112)(H,87,103)(H,88,105)(H,89,110)(H,90,113)(H,91,106)(H,92,100)(H,93,109)(H,94,108)(H,95,111)(H,101,102)(H,114,115)(H4,77,78,81)/t39-,40+,47-,48-,49-,50-,51-,52-,53-,54-,58-,59-,60-,61-/m0/s1. The Morgan fingerprint density at radius 3 is 1.33 bits per heavy atom. The molecule has 41 heteroatoms. The van der Waals surface area contributed by atoms with Crippen LogP contribution in [0, 0.1) is 29.1 Å². The van der Waals surface area contributed by atoms with Gasteiger partial charge in [0.05, 0.1) is 42.7 Å². The van der Waals surface area contributed by atoms with E-state index in [1.807, 2.05) is 0 Å². The lowest BCUT2D eigenvalue weighted by Gasteiger charge is -2.31. The molecule has 0 spiro atoms. The molecular weight excluding hydrogens is 1500 g/mol. The summed E-state index contributed by atoms with van der Waals surface area (Å²) < 4.78 is 0. The Morgan fingerprint density at radius 2 is 0.870 bits per heavy atom. The van der Waals surface area contributed by atoms with Crippen LogP contribution in [0.1, 0.15) is 136 Å². The molecule has 41 nitrogen and oxygen atoms in total. The fraction of sp³-hybridized carbons (Fsp3) is 0.541. The average Bonchev–Trinajstić information content (AvgIpc) is 0.892. The van der Waals surface area contributed by atoms with Gasteiger partial charge in [-0.15, -0.1) is 0 Å². The van der Waals surface area contributed by atoms with Crippen molar-refractivity contribution >= 4 is 94.7 Å². The van der Waals surface area contributed by atoms with Gasteiger partial charge in [-0.05, 0) is 98.1 Å².